The van der Waals surface area contributed by atoms with Crippen molar-refractivity contribution in [3.05, 3.63) is 35.4 Å². The van der Waals surface area contributed by atoms with Crippen LogP contribution >= 0.6 is 0 Å². The van der Waals surface area contributed by atoms with Gasteiger partial charge in [0, 0.05) is 11.5 Å². The Kier molecular flexibility index (Phi) is 5.39. The average molecular weight is 272 g/mol. The minimum absolute atomic E-state index is 0.266. The summed E-state index contributed by atoms with van der Waals surface area (Å²) in [4.78, 5) is 12.6. The molecular weight excluding hydrogens is 244 g/mol. The van der Waals surface area contributed by atoms with Gasteiger partial charge in [0.05, 0.1) is 0 Å². The van der Waals surface area contributed by atoms with Crippen molar-refractivity contribution in [2.45, 2.75) is 59.3 Å². The van der Waals surface area contributed by atoms with Crippen LogP contribution in [0.15, 0.2) is 24.3 Å². The lowest BCUT2D eigenvalue weighted by Gasteiger charge is -2.30. The van der Waals surface area contributed by atoms with E-state index in [9.17, 15) is 4.79 Å². The molecule has 0 saturated heterocycles. The Hall–Kier alpha value is -1.11. The molecule has 0 aliphatic heterocycles. The van der Waals surface area contributed by atoms with Crippen LogP contribution in [0, 0.1) is 17.8 Å². The number of hydrogen-bond donors (Lipinski definition) is 0. The molecule has 0 unspecified atom stereocenters. The largest absolute Gasteiger partial charge is 0.294 e. The van der Waals surface area contributed by atoms with Gasteiger partial charge in [-0.05, 0) is 55.6 Å². The molecule has 2 rings (SSSR count). The lowest BCUT2D eigenvalue weighted by atomic mass is 9.74. The fourth-order valence-corrected chi connectivity index (χ4v) is 3.45. The van der Waals surface area contributed by atoms with Crippen molar-refractivity contribution in [2.75, 3.05) is 0 Å². The Balaban J connectivity index is 2.00. The van der Waals surface area contributed by atoms with Gasteiger partial charge in [-0.25, -0.2) is 0 Å². The molecule has 0 radical (unpaired) electrons. The highest BCUT2D eigenvalue weighted by atomic mass is 16.1. The number of benzene rings is 1. The van der Waals surface area contributed by atoms with Crippen LogP contribution < -0.4 is 0 Å². The van der Waals surface area contributed by atoms with Crippen LogP contribution in [0.3, 0.4) is 0 Å². The molecule has 1 aliphatic carbocycles. The van der Waals surface area contributed by atoms with E-state index in [0.717, 1.165) is 43.1 Å². The summed E-state index contributed by atoms with van der Waals surface area (Å²) in [6.45, 7) is 6.80. The molecule has 0 aromatic heterocycles. The van der Waals surface area contributed by atoms with Gasteiger partial charge in [0.15, 0.2) is 5.78 Å². The molecule has 0 bridgehead atoms. The molecule has 1 saturated carbocycles. The Morgan fingerprint density at radius 3 is 2.50 bits per heavy atom. The van der Waals surface area contributed by atoms with Gasteiger partial charge in [-0.3, -0.25) is 4.79 Å². The molecule has 1 heteroatoms. The molecule has 20 heavy (non-hydrogen) atoms. The topological polar surface area (TPSA) is 17.1 Å². The van der Waals surface area contributed by atoms with E-state index in [-0.39, 0.29) is 5.92 Å². The quantitative estimate of drug-likeness (QED) is 0.666. The molecule has 1 aliphatic rings. The van der Waals surface area contributed by atoms with Gasteiger partial charge < -0.3 is 0 Å². The van der Waals surface area contributed by atoms with Gasteiger partial charge in [-0.1, -0.05) is 45.4 Å². The fourth-order valence-electron chi connectivity index (χ4n) is 3.45. The lowest BCUT2D eigenvalue weighted by Crippen LogP contribution is -2.24. The van der Waals surface area contributed by atoms with Crippen molar-refractivity contribution in [1.29, 1.82) is 0 Å². The summed E-state index contributed by atoms with van der Waals surface area (Å²) >= 11 is 0. The summed E-state index contributed by atoms with van der Waals surface area (Å²) in [7, 11) is 0. The number of rotatable bonds is 5. The Labute approximate surface area is 123 Å². The number of carbonyl (C=O) groups excluding carboxylic acids is 1. The van der Waals surface area contributed by atoms with Gasteiger partial charge in [0.1, 0.15) is 0 Å². The number of Topliss-reactive ketones (excluding diaryl/α,β-unsaturated/α-hetero) is 1. The molecule has 110 valence electrons. The monoisotopic (exact) mass is 272 g/mol. The minimum atomic E-state index is 0.266. The van der Waals surface area contributed by atoms with Crippen LogP contribution in [0.25, 0.3) is 0 Å². The van der Waals surface area contributed by atoms with Crippen LogP contribution in [0.2, 0.25) is 0 Å². The standard InChI is InChI=1S/C19H28O/c1-4-6-15-7-5-8-18(13-15)19(20)17-11-9-16(10-12-17)14(2)3/h5,7-8,13-14,16-17H,4,6,9-12H2,1-3H3. The zero-order valence-corrected chi connectivity index (χ0v) is 13.2. The summed E-state index contributed by atoms with van der Waals surface area (Å²) in [5.41, 5.74) is 2.23. The molecule has 1 aromatic rings. The maximum Gasteiger partial charge on any atom is 0.165 e. The van der Waals surface area contributed by atoms with Crippen molar-refractivity contribution in [1.82, 2.24) is 0 Å². The highest BCUT2D eigenvalue weighted by Gasteiger charge is 2.28. The predicted octanol–water partition coefficient (Wildman–Crippen LogP) is 5.28. The second-order valence-electron chi connectivity index (χ2n) is 6.67. The predicted molar refractivity (Wildman–Crippen MR) is 85.1 cm³/mol. The first-order valence-electron chi connectivity index (χ1n) is 8.25. The highest BCUT2D eigenvalue weighted by molar-refractivity contribution is 5.98. The minimum Gasteiger partial charge on any atom is -0.294 e. The lowest BCUT2D eigenvalue weighted by molar-refractivity contribution is 0.0859. The van der Waals surface area contributed by atoms with E-state index in [4.69, 9.17) is 0 Å². The van der Waals surface area contributed by atoms with E-state index in [1.807, 2.05) is 12.1 Å². The Morgan fingerprint density at radius 2 is 1.90 bits per heavy atom. The summed E-state index contributed by atoms with van der Waals surface area (Å²) < 4.78 is 0. The third-order valence-electron chi connectivity index (χ3n) is 4.84. The zero-order chi connectivity index (χ0) is 14.5. The molecule has 0 N–H and O–H groups in total. The average Bonchev–Trinajstić information content (AvgIpc) is 2.47. The second kappa shape index (κ2) is 7.06. The van der Waals surface area contributed by atoms with Crippen molar-refractivity contribution in [2.24, 2.45) is 17.8 Å². The van der Waals surface area contributed by atoms with E-state index in [0.29, 0.717) is 5.78 Å². The molecule has 1 fully saturated rings. The molecule has 0 amide bonds. The van der Waals surface area contributed by atoms with Crippen molar-refractivity contribution < 1.29 is 4.79 Å². The van der Waals surface area contributed by atoms with Crippen molar-refractivity contribution in [3.8, 4) is 0 Å². The smallest absolute Gasteiger partial charge is 0.165 e. The maximum absolute atomic E-state index is 12.6. The van der Waals surface area contributed by atoms with Gasteiger partial charge in [0.25, 0.3) is 0 Å². The molecule has 1 nitrogen and oxygen atoms in total. The summed E-state index contributed by atoms with van der Waals surface area (Å²) in [6.07, 6.45) is 6.82. The maximum atomic E-state index is 12.6. The Bertz CT molecular complexity index is 439. The molecule has 1 aromatic carbocycles. The summed E-state index contributed by atoms with van der Waals surface area (Å²) in [6, 6.07) is 8.28. The first-order valence-corrected chi connectivity index (χ1v) is 8.25. The Morgan fingerprint density at radius 1 is 1.20 bits per heavy atom. The summed E-state index contributed by atoms with van der Waals surface area (Å²) in [5, 5.41) is 0. The highest BCUT2D eigenvalue weighted by Crippen LogP contribution is 2.34. The van der Waals surface area contributed by atoms with Gasteiger partial charge in [-0.2, -0.15) is 0 Å². The van der Waals surface area contributed by atoms with E-state index >= 15 is 0 Å². The van der Waals surface area contributed by atoms with Crippen LogP contribution in [0.4, 0.5) is 0 Å². The second-order valence-corrected chi connectivity index (χ2v) is 6.67. The van der Waals surface area contributed by atoms with Crippen LogP contribution in [0.1, 0.15) is 68.8 Å². The first-order chi connectivity index (χ1) is 9.61. The number of hydrogen-bond acceptors (Lipinski definition) is 1. The SMILES string of the molecule is CCCc1cccc(C(=O)C2CCC(C(C)C)CC2)c1. The van der Waals surface area contributed by atoms with Crippen molar-refractivity contribution >= 4 is 5.78 Å². The van der Waals surface area contributed by atoms with Crippen LogP contribution in [-0.2, 0) is 6.42 Å². The molecular formula is C19H28O. The summed E-state index contributed by atoms with van der Waals surface area (Å²) in [5.74, 6) is 2.23. The first kappa shape index (κ1) is 15.3. The van der Waals surface area contributed by atoms with Crippen LogP contribution in [0.5, 0.6) is 0 Å². The third kappa shape index (κ3) is 3.71. The number of ketones is 1. The molecule has 0 heterocycles. The number of aryl methyl sites for hydroxylation is 1. The zero-order valence-electron chi connectivity index (χ0n) is 13.2. The third-order valence-corrected chi connectivity index (χ3v) is 4.84. The van der Waals surface area contributed by atoms with Crippen LogP contribution in [-0.4, -0.2) is 5.78 Å². The van der Waals surface area contributed by atoms with E-state index in [1.165, 1.54) is 18.4 Å². The molecule has 0 atom stereocenters. The normalized spacial score (nSPS) is 23.0. The van der Waals surface area contributed by atoms with Crippen molar-refractivity contribution in [3.63, 3.8) is 0 Å². The van der Waals surface area contributed by atoms with Gasteiger partial charge >= 0.3 is 0 Å². The molecule has 0 spiro atoms. The number of carbonyl (C=O) groups is 1. The van der Waals surface area contributed by atoms with Gasteiger partial charge in [0.2, 0.25) is 0 Å². The van der Waals surface area contributed by atoms with E-state index < -0.39 is 0 Å². The van der Waals surface area contributed by atoms with Gasteiger partial charge in [-0.15, -0.1) is 0 Å². The fraction of sp³-hybridized carbons (Fsp3) is 0.632. The van der Waals surface area contributed by atoms with E-state index in [1.54, 1.807) is 0 Å². The van der Waals surface area contributed by atoms with E-state index in [2.05, 4.69) is 32.9 Å².